The summed E-state index contributed by atoms with van der Waals surface area (Å²) in [6.07, 6.45) is 7.39. The smallest absolute Gasteiger partial charge is 0.0176 e. The van der Waals surface area contributed by atoms with Gasteiger partial charge in [0.05, 0.1) is 0 Å². The van der Waals surface area contributed by atoms with Crippen LogP contribution in [0, 0.1) is 17.8 Å². The van der Waals surface area contributed by atoms with Crippen LogP contribution in [0.25, 0.3) is 0 Å². The predicted octanol–water partition coefficient (Wildman–Crippen LogP) is 3.60. The first-order valence-corrected chi connectivity index (χ1v) is 5.83. The molecule has 0 nitrogen and oxygen atoms in total. The van der Waals surface area contributed by atoms with Crippen molar-refractivity contribution >= 4 is 15.9 Å². The van der Waals surface area contributed by atoms with Gasteiger partial charge in [0, 0.05) is 4.83 Å². The minimum Gasteiger partial charge on any atom is -0.0888 e. The molecule has 0 aliphatic heterocycles. The van der Waals surface area contributed by atoms with E-state index < -0.39 is 0 Å². The second kappa shape index (κ2) is 3.08. The molecule has 0 N–H and O–H groups in total. The fraction of sp³-hybridized carbons (Fsp3) is 1.00. The molecule has 0 saturated heterocycles. The average molecular weight is 217 g/mol. The third kappa shape index (κ3) is 1.49. The van der Waals surface area contributed by atoms with Crippen LogP contribution in [0.2, 0.25) is 0 Å². The standard InChI is InChI=1S/C10H17Br/c1-7-5-8-3-2-4-10(11)9(8)6-7/h7-10H,2-6H2,1H3/t7-,8?,9?,10+/m0/s1. The highest BCUT2D eigenvalue weighted by atomic mass is 79.9. The summed E-state index contributed by atoms with van der Waals surface area (Å²) in [7, 11) is 0. The van der Waals surface area contributed by atoms with Crippen molar-refractivity contribution in [2.45, 2.75) is 43.9 Å². The number of fused-ring (bicyclic) bond motifs is 1. The number of hydrogen-bond acceptors (Lipinski definition) is 0. The van der Waals surface area contributed by atoms with Crippen molar-refractivity contribution in [1.29, 1.82) is 0 Å². The van der Waals surface area contributed by atoms with E-state index in [1.54, 1.807) is 0 Å². The Labute approximate surface area is 77.9 Å². The minimum atomic E-state index is 0.853. The van der Waals surface area contributed by atoms with Crippen molar-refractivity contribution in [3.8, 4) is 0 Å². The molecule has 0 radical (unpaired) electrons. The van der Waals surface area contributed by atoms with Gasteiger partial charge >= 0.3 is 0 Å². The maximum Gasteiger partial charge on any atom is 0.0176 e. The van der Waals surface area contributed by atoms with Gasteiger partial charge in [0.1, 0.15) is 0 Å². The van der Waals surface area contributed by atoms with E-state index in [4.69, 9.17) is 0 Å². The van der Waals surface area contributed by atoms with Gasteiger partial charge in [-0.3, -0.25) is 0 Å². The molecule has 2 rings (SSSR count). The highest BCUT2D eigenvalue weighted by Crippen LogP contribution is 2.47. The van der Waals surface area contributed by atoms with E-state index in [-0.39, 0.29) is 0 Å². The molecular formula is C10H17Br. The van der Waals surface area contributed by atoms with Gasteiger partial charge in [-0.15, -0.1) is 0 Å². The number of rotatable bonds is 0. The summed E-state index contributed by atoms with van der Waals surface area (Å²) in [5.41, 5.74) is 0. The number of hydrogen-bond donors (Lipinski definition) is 0. The second-order valence-corrected chi connectivity index (χ2v) is 5.62. The summed E-state index contributed by atoms with van der Waals surface area (Å²) in [6, 6.07) is 0. The normalized spacial score (nSPS) is 50.7. The zero-order valence-electron chi connectivity index (χ0n) is 7.22. The van der Waals surface area contributed by atoms with Crippen molar-refractivity contribution in [3.63, 3.8) is 0 Å². The molecule has 0 spiro atoms. The molecule has 2 fully saturated rings. The number of halogens is 1. The van der Waals surface area contributed by atoms with E-state index in [9.17, 15) is 0 Å². The van der Waals surface area contributed by atoms with E-state index in [1.165, 1.54) is 32.1 Å². The van der Waals surface area contributed by atoms with Gasteiger partial charge in [-0.2, -0.15) is 0 Å². The van der Waals surface area contributed by atoms with Crippen molar-refractivity contribution in [1.82, 2.24) is 0 Å². The van der Waals surface area contributed by atoms with Gasteiger partial charge < -0.3 is 0 Å². The quantitative estimate of drug-likeness (QED) is 0.544. The third-order valence-corrected chi connectivity index (χ3v) is 4.64. The second-order valence-electron chi connectivity index (χ2n) is 4.45. The lowest BCUT2D eigenvalue weighted by Crippen LogP contribution is -2.23. The van der Waals surface area contributed by atoms with E-state index in [0.717, 1.165) is 22.6 Å². The summed E-state index contributed by atoms with van der Waals surface area (Å²) in [5, 5.41) is 0. The topological polar surface area (TPSA) is 0 Å². The van der Waals surface area contributed by atoms with Gasteiger partial charge in [0.15, 0.2) is 0 Å². The van der Waals surface area contributed by atoms with Gasteiger partial charge in [-0.05, 0) is 37.0 Å². The maximum absolute atomic E-state index is 3.82. The lowest BCUT2D eigenvalue weighted by atomic mass is 9.82. The largest absolute Gasteiger partial charge is 0.0888 e. The molecule has 0 aromatic carbocycles. The van der Waals surface area contributed by atoms with Crippen LogP contribution >= 0.6 is 15.9 Å². The van der Waals surface area contributed by atoms with E-state index in [0.29, 0.717) is 0 Å². The highest BCUT2D eigenvalue weighted by molar-refractivity contribution is 9.09. The predicted molar refractivity (Wildman–Crippen MR) is 51.9 cm³/mol. The van der Waals surface area contributed by atoms with E-state index >= 15 is 0 Å². The van der Waals surface area contributed by atoms with Crippen LogP contribution in [0.3, 0.4) is 0 Å². The van der Waals surface area contributed by atoms with Crippen molar-refractivity contribution < 1.29 is 0 Å². The minimum absolute atomic E-state index is 0.853. The third-order valence-electron chi connectivity index (χ3n) is 3.50. The zero-order chi connectivity index (χ0) is 7.84. The first-order chi connectivity index (χ1) is 5.27. The Bertz CT molecular complexity index is 144. The summed E-state index contributed by atoms with van der Waals surface area (Å²) < 4.78 is 0. The van der Waals surface area contributed by atoms with Crippen molar-refractivity contribution in [3.05, 3.63) is 0 Å². The lowest BCUT2D eigenvalue weighted by molar-refractivity contribution is 0.290. The molecule has 2 saturated carbocycles. The molecule has 0 heterocycles. The molecular weight excluding hydrogens is 200 g/mol. The molecule has 2 aliphatic carbocycles. The van der Waals surface area contributed by atoms with Crippen LogP contribution in [0.1, 0.15) is 39.0 Å². The number of alkyl halides is 1. The molecule has 2 unspecified atom stereocenters. The van der Waals surface area contributed by atoms with Gasteiger partial charge in [0.2, 0.25) is 0 Å². The SMILES string of the molecule is C[C@H]1CC2CCC[C@@H](Br)C2C1. The molecule has 11 heavy (non-hydrogen) atoms. The van der Waals surface area contributed by atoms with Crippen molar-refractivity contribution in [2.75, 3.05) is 0 Å². The fourth-order valence-electron chi connectivity index (χ4n) is 3.01. The maximum atomic E-state index is 3.82. The Balaban J connectivity index is 2.03. The Kier molecular flexibility index (Phi) is 2.27. The van der Waals surface area contributed by atoms with Gasteiger partial charge in [-0.25, -0.2) is 0 Å². The summed E-state index contributed by atoms with van der Waals surface area (Å²) in [6.45, 7) is 2.41. The van der Waals surface area contributed by atoms with E-state index in [2.05, 4.69) is 22.9 Å². The average Bonchev–Trinajstić information content (AvgIpc) is 2.31. The van der Waals surface area contributed by atoms with Crippen LogP contribution < -0.4 is 0 Å². The Morgan fingerprint density at radius 2 is 2.00 bits per heavy atom. The van der Waals surface area contributed by atoms with Gasteiger partial charge in [0.25, 0.3) is 0 Å². The molecule has 4 atom stereocenters. The molecule has 0 amide bonds. The van der Waals surface area contributed by atoms with Crippen LogP contribution in [-0.4, -0.2) is 4.83 Å². The van der Waals surface area contributed by atoms with Crippen molar-refractivity contribution in [2.24, 2.45) is 17.8 Å². The van der Waals surface area contributed by atoms with Crippen LogP contribution in [0.15, 0.2) is 0 Å². The van der Waals surface area contributed by atoms with Gasteiger partial charge in [-0.1, -0.05) is 35.7 Å². The molecule has 0 aromatic rings. The fourth-order valence-corrected chi connectivity index (χ4v) is 3.98. The molecule has 0 aromatic heterocycles. The van der Waals surface area contributed by atoms with Crippen LogP contribution in [0.4, 0.5) is 0 Å². The summed E-state index contributed by atoms with van der Waals surface area (Å²) in [5.74, 6) is 3.10. The molecule has 1 heteroatoms. The molecule has 0 bridgehead atoms. The Morgan fingerprint density at radius 3 is 2.73 bits per heavy atom. The summed E-state index contributed by atoms with van der Waals surface area (Å²) >= 11 is 3.82. The molecule has 2 aliphatic rings. The monoisotopic (exact) mass is 216 g/mol. The van der Waals surface area contributed by atoms with E-state index in [1.807, 2.05) is 0 Å². The van der Waals surface area contributed by atoms with Crippen LogP contribution in [-0.2, 0) is 0 Å². The Hall–Kier alpha value is 0.480. The molecule has 64 valence electrons. The first-order valence-electron chi connectivity index (χ1n) is 4.91. The van der Waals surface area contributed by atoms with Crippen LogP contribution in [0.5, 0.6) is 0 Å². The summed E-state index contributed by atoms with van der Waals surface area (Å²) in [4.78, 5) is 0.853. The zero-order valence-corrected chi connectivity index (χ0v) is 8.81. The first kappa shape index (κ1) is 8.10. The lowest BCUT2D eigenvalue weighted by Gasteiger charge is -2.29. The highest BCUT2D eigenvalue weighted by Gasteiger charge is 2.38. The Morgan fingerprint density at radius 1 is 1.18 bits per heavy atom.